The lowest BCUT2D eigenvalue weighted by Crippen LogP contribution is -2.46. The first kappa shape index (κ1) is 15.9. The summed E-state index contributed by atoms with van der Waals surface area (Å²) in [6, 6.07) is 7.62. The van der Waals surface area contributed by atoms with E-state index in [1.54, 1.807) is 16.2 Å². The number of thiazole rings is 1. The summed E-state index contributed by atoms with van der Waals surface area (Å²) in [4.78, 5) is 20.3. The molecule has 0 unspecified atom stereocenters. The van der Waals surface area contributed by atoms with Gasteiger partial charge in [0.25, 0.3) is 5.79 Å². The quantitative estimate of drug-likeness (QED) is 0.897. The molecule has 3 aliphatic rings. The van der Waals surface area contributed by atoms with Gasteiger partial charge in [-0.25, -0.2) is 9.78 Å². The smallest absolute Gasteiger partial charge is 0.318 e. The van der Waals surface area contributed by atoms with Gasteiger partial charge in [0.2, 0.25) is 0 Å². The van der Waals surface area contributed by atoms with E-state index in [0.717, 1.165) is 29.3 Å². The second-order valence-corrected chi connectivity index (χ2v) is 8.57. The van der Waals surface area contributed by atoms with E-state index in [1.807, 2.05) is 37.4 Å². The summed E-state index contributed by atoms with van der Waals surface area (Å²) in [5.74, 6) is 1.27. The molecule has 26 heavy (non-hydrogen) atoms. The Morgan fingerprint density at radius 3 is 2.69 bits per heavy atom. The third-order valence-electron chi connectivity index (χ3n) is 5.20. The van der Waals surface area contributed by atoms with Crippen LogP contribution < -0.4 is 14.8 Å². The number of carbonyl (C=O) groups excluding carboxylic acids is 1. The Bertz CT molecular complexity index is 823. The summed E-state index contributed by atoms with van der Waals surface area (Å²) in [5.41, 5.74) is 0. The SMILES string of the molecule is Cc1cnc([C@@H](NC(=O)N2CCC3(C2)Oc2ccccc2O3)C2CC2)s1. The Morgan fingerprint density at radius 1 is 1.35 bits per heavy atom. The number of hydrogen-bond donors (Lipinski definition) is 1. The van der Waals surface area contributed by atoms with Crippen molar-refractivity contribution in [1.82, 2.24) is 15.2 Å². The van der Waals surface area contributed by atoms with Crippen molar-refractivity contribution in [3.05, 3.63) is 40.3 Å². The molecular weight excluding hydrogens is 350 g/mol. The molecule has 5 rings (SSSR count). The molecule has 1 spiro atoms. The molecule has 1 saturated heterocycles. The molecular formula is C19H21N3O3S. The first-order valence-corrected chi connectivity index (χ1v) is 9.88. The Labute approximate surface area is 156 Å². The van der Waals surface area contributed by atoms with E-state index in [2.05, 4.69) is 10.3 Å². The van der Waals surface area contributed by atoms with E-state index in [0.29, 0.717) is 25.4 Å². The van der Waals surface area contributed by atoms with Gasteiger partial charge in [-0.05, 0) is 37.8 Å². The maximum Gasteiger partial charge on any atom is 0.318 e. The highest BCUT2D eigenvalue weighted by Gasteiger charge is 2.49. The molecule has 1 atom stereocenters. The number of carbonyl (C=O) groups is 1. The third-order valence-corrected chi connectivity index (χ3v) is 6.20. The number of amides is 2. The van der Waals surface area contributed by atoms with Crippen LogP contribution in [0.5, 0.6) is 11.5 Å². The van der Waals surface area contributed by atoms with Gasteiger partial charge in [0.1, 0.15) is 5.01 Å². The maximum absolute atomic E-state index is 12.9. The van der Waals surface area contributed by atoms with Crippen molar-refractivity contribution < 1.29 is 14.3 Å². The Morgan fingerprint density at radius 2 is 2.08 bits per heavy atom. The van der Waals surface area contributed by atoms with Gasteiger partial charge in [0.05, 0.1) is 12.6 Å². The molecule has 2 fully saturated rings. The molecule has 1 saturated carbocycles. The summed E-state index contributed by atoms with van der Waals surface area (Å²) >= 11 is 1.67. The molecule has 7 heteroatoms. The Kier molecular flexibility index (Phi) is 3.60. The number of aryl methyl sites for hydroxylation is 1. The van der Waals surface area contributed by atoms with Crippen molar-refractivity contribution in [2.24, 2.45) is 5.92 Å². The Balaban J connectivity index is 1.27. The summed E-state index contributed by atoms with van der Waals surface area (Å²) in [6.07, 6.45) is 4.84. The van der Waals surface area contributed by atoms with Crippen LogP contribution in [0.4, 0.5) is 4.79 Å². The number of likely N-dealkylation sites (tertiary alicyclic amines) is 1. The van der Waals surface area contributed by atoms with Crippen LogP contribution in [0.2, 0.25) is 0 Å². The van der Waals surface area contributed by atoms with Crippen LogP contribution in [0.25, 0.3) is 0 Å². The van der Waals surface area contributed by atoms with Crippen molar-refractivity contribution in [2.75, 3.05) is 13.1 Å². The van der Waals surface area contributed by atoms with Crippen molar-refractivity contribution in [2.45, 2.75) is 38.0 Å². The van der Waals surface area contributed by atoms with Crippen LogP contribution in [0.15, 0.2) is 30.5 Å². The number of rotatable bonds is 3. The summed E-state index contributed by atoms with van der Waals surface area (Å²) in [6.45, 7) is 3.10. The monoisotopic (exact) mass is 371 g/mol. The molecule has 0 bridgehead atoms. The average Bonchev–Trinajstić information content (AvgIpc) is 3.08. The fourth-order valence-electron chi connectivity index (χ4n) is 3.69. The van der Waals surface area contributed by atoms with Gasteiger partial charge in [0, 0.05) is 24.0 Å². The largest absolute Gasteiger partial charge is 0.447 e. The standard InChI is InChI=1S/C19H21N3O3S/c1-12-10-20-17(26-12)16(13-6-7-13)21-18(23)22-9-8-19(11-22)24-14-4-2-3-5-15(14)25-19/h2-5,10,13,16H,6-9,11H2,1H3,(H,21,23)/t16-/m0/s1. The maximum atomic E-state index is 12.9. The van der Waals surface area contributed by atoms with E-state index in [1.165, 1.54) is 4.88 Å². The molecule has 1 aliphatic carbocycles. The number of hydrogen-bond acceptors (Lipinski definition) is 5. The number of nitrogens with zero attached hydrogens (tertiary/aromatic N) is 2. The van der Waals surface area contributed by atoms with Gasteiger partial charge in [0.15, 0.2) is 11.5 Å². The Hall–Kier alpha value is -2.28. The summed E-state index contributed by atoms with van der Waals surface area (Å²) in [5, 5.41) is 4.21. The molecule has 3 heterocycles. The highest BCUT2D eigenvalue weighted by Crippen LogP contribution is 2.44. The predicted octanol–water partition coefficient (Wildman–Crippen LogP) is 3.49. The number of urea groups is 1. The van der Waals surface area contributed by atoms with E-state index >= 15 is 0 Å². The fourth-order valence-corrected chi connectivity index (χ4v) is 4.60. The van der Waals surface area contributed by atoms with Crippen LogP contribution in [-0.2, 0) is 0 Å². The van der Waals surface area contributed by atoms with E-state index in [9.17, 15) is 4.79 Å². The van der Waals surface area contributed by atoms with E-state index < -0.39 is 5.79 Å². The summed E-state index contributed by atoms with van der Waals surface area (Å²) < 4.78 is 12.1. The lowest BCUT2D eigenvalue weighted by Gasteiger charge is -2.25. The molecule has 1 N–H and O–H groups in total. The minimum Gasteiger partial charge on any atom is -0.447 e. The highest BCUT2D eigenvalue weighted by atomic mass is 32.1. The van der Waals surface area contributed by atoms with Crippen LogP contribution in [0, 0.1) is 12.8 Å². The molecule has 1 aromatic carbocycles. The second-order valence-electron chi connectivity index (χ2n) is 7.31. The third kappa shape index (κ3) is 2.80. The molecule has 2 aromatic rings. The van der Waals surface area contributed by atoms with Crippen LogP contribution in [0.3, 0.4) is 0 Å². The average molecular weight is 371 g/mol. The van der Waals surface area contributed by atoms with Crippen LogP contribution in [-0.4, -0.2) is 34.8 Å². The number of para-hydroxylation sites is 2. The van der Waals surface area contributed by atoms with Gasteiger partial charge in [-0.2, -0.15) is 0 Å². The highest BCUT2D eigenvalue weighted by molar-refractivity contribution is 7.11. The number of ether oxygens (including phenoxy) is 2. The number of aromatic nitrogens is 1. The van der Waals surface area contributed by atoms with Crippen molar-refractivity contribution in [3.63, 3.8) is 0 Å². The van der Waals surface area contributed by atoms with E-state index in [4.69, 9.17) is 9.47 Å². The van der Waals surface area contributed by atoms with E-state index in [-0.39, 0.29) is 12.1 Å². The predicted molar refractivity (Wildman–Crippen MR) is 97.5 cm³/mol. The lowest BCUT2D eigenvalue weighted by atomic mass is 10.2. The normalized spacial score (nSPS) is 21.2. The second kappa shape index (κ2) is 5.87. The van der Waals surface area contributed by atoms with Gasteiger partial charge in [-0.3, -0.25) is 0 Å². The zero-order valence-electron chi connectivity index (χ0n) is 14.6. The van der Waals surface area contributed by atoms with Crippen molar-refractivity contribution >= 4 is 17.4 Å². The zero-order chi connectivity index (χ0) is 17.7. The zero-order valence-corrected chi connectivity index (χ0v) is 15.4. The first-order valence-electron chi connectivity index (χ1n) is 9.07. The lowest BCUT2D eigenvalue weighted by molar-refractivity contribution is -0.0650. The minimum absolute atomic E-state index is 0.0142. The molecule has 2 amide bonds. The molecule has 0 radical (unpaired) electrons. The van der Waals surface area contributed by atoms with Crippen molar-refractivity contribution in [3.8, 4) is 11.5 Å². The summed E-state index contributed by atoms with van der Waals surface area (Å²) in [7, 11) is 0. The molecule has 6 nitrogen and oxygen atoms in total. The first-order chi connectivity index (χ1) is 12.6. The van der Waals surface area contributed by atoms with Gasteiger partial charge in [-0.15, -0.1) is 11.3 Å². The number of benzene rings is 1. The minimum atomic E-state index is -0.742. The molecule has 136 valence electrons. The number of fused-ring (bicyclic) bond motifs is 1. The van der Waals surface area contributed by atoms with Crippen LogP contribution >= 0.6 is 11.3 Å². The van der Waals surface area contributed by atoms with Gasteiger partial charge >= 0.3 is 6.03 Å². The topological polar surface area (TPSA) is 63.7 Å². The molecule has 2 aliphatic heterocycles. The van der Waals surface area contributed by atoms with Gasteiger partial charge in [-0.1, -0.05) is 12.1 Å². The van der Waals surface area contributed by atoms with Crippen LogP contribution in [0.1, 0.15) is 35.2 Å². The molecule has 1 aromatic heterocycles. The van der Waals surface area contributed by atoms with Gasteiger partial charge < -0.3 is 19.7 Å². The fraction of sp³-hybridized carbons (Fsp3) is 0.474. The van der Waals surface area contributed by atoms with Crippen molar-refractivity contribution in [1.29, 1.82) is 0 Å². The number of nitrogens with one attached hydrogen (secondary N) is 1.